The molecule has 3 nitrogen and oxygen atoms in total. The highest BCUT2D eigenvalue weighted by Gasteiger charge is 2.14. The Kier molecular flexibility index (Phi) is 3.93. The van der Waals surface area contributed by atoms with Gasteiger partial charge in [-0.2, -0.15) is 0 Å². The minimum atomic E-state index is -0.858. The first-order valence-corrected chi connectivity index (χ1v) is 6.95. The largest absolute Gasteiger partial charge is 0.478 e. The van der Waals surface area contributed by atoms with Gasteiger partial charge in [-0.3, -0.25) is 0 Å². The lowest BCUT2D eigenvalue weighted by molar-refractivity contribution is 0.0697. The van der Waals surface area contributed by atoms with E-state index < -0.39 is 5.97 Å². The van der Waals surface area contributed by atoms with Crippen molar-refractivity contribution in [3.8, 4) is 0 Å². The molecular formula is C16H21NO2. The van der Waals surface area contributed by atoms with Crippen LogP contribution in [0.2, 0.25) is 0 Å². The average Bonchev–Trinajstić information content (AvgIpc) is 2.66. The Labute approximate surface area is 113 Å². The fraction of sp³-hybridized carbons (Fsp3) is 0.438. The first-order chi connectivity index (χ1) is 9.10. The average molecular weight is 259 g/mol. The van der Waals surface area contributed by atoms with Crippen LogP contribution in [0, 0.1) is 6.92 Å². The van der Waals surface area contributed by atoms with E-state index in [-0.39, 0.29) is 0 Å². The van der Waals surface area contributed by atoms with Gasteiger partial charge in [-0.15, -0.1) is 0 Å². The van der Waals surface area contributed by atoms with Gasteiger partial charge < -0.3 is 9.67 Å². The quantitative estimate of drug-likeness (QED) is 0.881. The van der Waals surface area contributed by atoms with Crippen molar-refractivity contribution in [1.82, 2.24) is 4.57 Å². The molecule has 0 saturated carbocycles. The summed E-state index contributed by atoms with van der Waals surface area (Å²) in [6, 6.07) is 5.46. The van der Waals surface area contributed by atoms with Gasteiger partial charge in [0.15, 0.2) is 0 Å². The first-order valence-electron chi connectivity index (χ1n) is 6.95. The van der Waals surface area contributed by atoms with Gasteiger partial charge in [0.05, 0.1) is 5.56 Å². The molecule has 0 radical (unpaired) electrons. The van der Waals surface area contributed by atoms with Crippen LogP contribution in [-0.2, 0) is 13.0 Å². The number of carboxylic acids is 1. The van der Waals surface area contributed by atoms with Crippen molar-refractivity contribution in [1.29, 1.82) is 0 Å². The molecule has 1 aromatic carbocycles. The number of hydrogen-bond acceptors (Lipinski definition) is 1. The fourth-order valence-corrected chi connectivity index (χ4v) is 2.74. The SMILES string of the molecule is CCCCn1c(C)c(CC)c2cc(C(=O)O)ccc21. The lowest BCUT2D eigenvalue weighted by atomic mass is 10.1. The molecule has 0 spiro atoms. The lowest BCUT2D eigenvalue weighted by Crippen LogP contribution is -2.00. The van der Waals surface area contributed by atoms with Crippen LogP contribution in [0.25, 0.3) is 10.9 Å². The minimum absolute atomic E-state index is 0.370. The first kappa shape index (κ1) is 13.7. The van der Waals surface area contributed by atoms with Crippen molar-refractivity contribution in [2.45, 2.75) is 46.6 Å². The monoisotopic (exact) mass is 259 g/mol. The second-order valence-electron chi connectivity index (χ2n) is 4.96. The summed E-state index contributed by atoms with van der Waals surface area (Å²) < 4.78 is 2.32. The molecule has 2 aromatic rings. The summed E-state index contributed by atoms with van der Waals surface area (Å²) in [4.78, 5) is 11.1. The molecule has 0 unspecified atom stereocenters. The zero-order chi connectivity index (χ0) is 14.0. The van der Waals surface area contributed by atoms with E-state index in [1.54, 1.807) is 6.07 Å². The Morgan fingerprint density at radius 2 is 2.05 bits per heavy atom. The van der Waals surface area contributed by atoms with Crippen LogP contribution < -0.4 is 0 Å². The number of hydrogen-bond donors (Lipinski definition) is 1. The maximum Gasteiger partial charge on any atom is 0.335 e. The van der Waals surface area contributed by atoms with E-state index in [1.165, 1.54) is 11.3 Å². The third kappa shape index (κ3) is 2.37. The molecule has 3 heteroatoms. The summed E-state index contributed by atoms with van der Waals surface area (Å²) in [6.07, 6.45) is 3.24. The van der Waals surface area contributed by atoms with E-state index in [0.29, 0.717) is 5.56 Å². The second kappa shape index (κ2) is 5.47. The topological polar surface area (TPSA) is 42.2 Å². The number of carboxylic acid groups (broad SMARTS) is 1. The molecule has 0 bridgehead atoms. The number of aryl methyl sites for hydroxylation is 2. The molecule has 19 heavy (non-hydrogen) atoms. The molecule has 0 aliphatic rings. The normalized spacial score (nSPS) is 11.1. The molecule has 0 fully saturated rings. The molecule has 1 aromatic heterocycles. The van der Waals surface area contributed by atoms with E-state index in [4.69, 9.17) is 5.11 Å². The molecule has 0 saturated heterocycles. The smallest absolute Gasteiger partial charge is 0.335 e. The van der Waals surface area contributed by atoms with Gasteiger partial charge in [0.2, 0.25) is 0 Å². The van der Waals surface area contributed by atoms with Gasteiger partial charge in [0, 0.05) is 23.1 Å². The Morgan fingerprint density at radius 1 is 1.32 bits per heavy atom. The van der Waals surface area contributed by atoms with Gasteiger partial charge in [-0.25, -0.2) is 4.79 Å². The van der Waals surface area contributed by atoms with E-state index in [0.717, 1.165) is 36.7 Å². The van der Waals surface area contributed by atoms with Crippen LogP contribution in [0.5, 0.6) is 0 Å². The number of aromatic nitrogens is 1. The molecule has 2 rings (SSSR count). The molecule has 102 valence electrons. The zero-order valence-electron chi connectivity index (χ0n) is 11.9. The highest BCUT2D eigenvalue weighted by atomic mass is 16.4. The highest BCUT2D eigenvalue weighted by Crippen LogP contribution is 2.28. The number of nitrogens with zero attached hydrogens (tertiary/aromatic N) is 1. The van der Waals surface area contributed by atoms with Crippen molar-refractivity contribution in [2.24, 2.45) is 0 Å². The van der Waals surface area contributed by atoms with E-state index >= 15 is 0 Å². The number of aromatic carboxylic acids is 1. The maximum atomic E-state index is 11.1. The fourth-order valence-electron chi connectivity index (χ4n) is 2.74. The molecule has 0 amide bonds. The predicted octanol–water partition coefficient (Wildman–Crippen LogP) is 4.01. The predicted molar refractivity (Wildman–Crippen MR) is 77.9 cm³/mol. The minimum Gasteiger partial charge on any atom is -0.478 e. The number of carbonyl (C=O) groups is 1. The Bertz CT molecular complexity index is 611. The van der Waals surface area contributed by atoms with E-state index in [9.17, 15) is 4.79 Å². The van der Waals surface area contributed by atoms with Gasteiger partial charge in [0.25, 0.3) is 0 Å². The third-order valence-corrected chi connectivity index (χ3v) is 3.79. The van der Waals surface area contributed by atoms with Crippen LogP contribution in [0.3, 0.4) is 0 Å². The zero-order valence-corrected chi connectivity index (χ0v) is 11.9. The second-order valence-corrected chi connectivity index (χ2v) is 4.96. The lowest BCUT2D eigenvalue weighted by Gasteiger charge is -2.07. The van der Waals surface area contributed by atoms with Crippen molar-refractivity contribution < 1.29 is 9.90 Å². The van der Waals surface area contributed by atoms with Crippen LogP contribution in [0.1, 0.15) is 48.3 Å². The summed E-state index contributed by atoms with van der Waals surface area (Å²) in [5, 5.41) is 10.2. The van der Waals surface area contributed by atoms with Gasteiger partial charge in [-0.05, 0) is 43.5 Å². The number of fused-ring (bicyclic) bond motifs is 1. The summed E-state index contributed by atoms with van der Waals surface area (Å²) in [5.74, 6) is -0.858. The van der Waals surface area contributed by atoms with Gasteiger partial charge in [0.1, 0.15) is 0 Å². The summed E-state index contributed by atoms with van der Waals surface area (Å²) in [5.41, 5.74) is 4.07. The Hall–Kier alpha value is -1.77. The van der Waals surface area contributed by atoms with Crippen LogP contribution in [0.15, 0.2) is 18.2 Å². The molecule has 1 N–H and O–H groups in total. The van der Waals surface area contributed by atoms with E-state index in [2.05, 4.69) is 25.3 Å². The number of unbranched alkanes of at least 4 members (excludes halogenated alkanes) is 1. The molecular weight excluding hydrogens is 238 g/mol. The highest BCUT2D eigenvalue weighted by molar-refractivity contribution is 5.95. The van der Waals surface area contributed by atoms with Crippen LogP contribution in [0.4, 0.5) is 0 Å². The molecule has 1 heterocycles. The number of benzene rings is 1. The van der Waals surface area contributed by atoms with Crippen molar-refractivity contribution in [3.05, 3.63) is 35.0 Å². The van der Waals surface area contributed by atoms with Gasteiger partial charge >= 0.3 is 5.97 Å². The summed E-state index contributed by atoms with van der Waals surface area (Å²) in [7, 11) is 0. The van der Waals surface area contributed by atoms with Crippen molar-refractivity contribution >= 4 is 16.9 Å². The Balaban J connectivity index is 2.64. The maximum absolute atomic E-state index is 11.1. The van der Waals surface area contributed by atoms with Crippen LogP contribution >= 0.6 is 0 Å². The third-order valence-electron chi connectivity index (χ3n) is 3.79. The standard InChI is InChI=1S/C16H21NO2/c1-4-6-9-17-11(3)13(5-2)14-10-12(16(18)19)7-8-15(14)17/h7-8,10H,4-6,9H2,1-3H3,(H,18,19). The van der Waals surface area contributed by atoms with Crippen molar-refractivity contribution in [2.75, 3.05) is 0 Å². The molecule has 0 aliphatic carbocycles. The number of rotatable bonds is 5. The van der Waals surface area contributed by atoms with E-state index in [1.807, 2.05) is 12.1 Å². The van der Waals surface area contributed by atoms with Gasteiger partial charge in [-0.1, -0.05) is 20.3 Å². The molecule has 0 aliphatic heterocycles. The Morgan fingerprint density at radius 3 is 2.63 bits per heavy atom. The molecule has 0 atom stereocenters. The summed E-state index contributed by atoms with van der Waals surface area (Å²) in [6.45, 7) is 7.45. The summed E-state index contributed by atoms with van der Waals surface area (Å²) >= 11 is 0. The van der Waals surface area contributed by atoms with Crippen molar-refractivity contribution in [3.63, 3.8) is 0 Å². The van der Waals surface area contributed by atoms with Crippen LogP contribution in [-0.4, -0.2) is 15.6 Å².